The highest BCUT2D eigenvalue weighted by Gasteiger charge is 2.15. The first-order valence-corrected chi connectivity index (χ1v) is 3.41. The van der Waals surface area contributed by atoms with Crippen LogP contribution in [-0.2, 0) is 4.93 Å². The van der Waals surface area contributed by atoms with E-state index in [1.165, 1.54) is 0 Å². The Morgan fingerprint density at radius 1 is 1.30 bits per heavy atom. The number of rotatable bonds is 1. The predicted molar refractivity (Wildman–Crippen MR) is 44.7 cm³/mol. The molecule has 0 saturated heterocycles. The van der Waals surface area contributed by atoms with Gasteiger partial charge in [-0.15, -0.1) is 12.6 Å². The van der Waals surface area contributed by atoms with Gasteiger partial charge in [0, 0.05) is 0 Å². The summed E-state index contributed by atoms with van der Waals surface area (Å²) in [6.07, 6.45) is 0. The lowest BCUT2D eigenvalue weighted by atomic mass is 10.1. The molecule has 1 nitrogen and oxygen atoms in total. The molecule has 1 radical (unpaired) electrons. The molecule has 53 valence electrons. The summed E-state index contributed by atoms with van der Waals surface area (Å²) in [5.41, 5.74) is 0.707. The van der Waals surface area contributed by atoms with Crippen molar-refractivity contribution in [1.82, 2.24) is 0 Å². The van der Waals surface area contributed by atoms with E-state index in [2.05, 4.69) is 19.6 Å². The van der Waals surface area contributed by atoms with Gasteiger partial charge in [0.05, 0.1) is 0 Å². The molecule has 1 aromatic carbocycles. The highest BCUT2D eigenvalue weighted by Crippen LogP contribution is 2.22. The average Bonchev–Trinajstić information content (AvgIpc) is 1.88. The molecular formula is C8H9OS. The minimum Gasteiger partial charge on any atom is -0.376 e. The van der Waals surface area contributed by atoms with Crippen LogP contribution in [0.5, 0.6) is 0 Å². The Labute approximate surface area is 66.1 Å². The second-order valence-electron chi connectivity index (χ2n) is 2.18. The van der Waals surface area contributed by atoms with Crippen molar-refractivity contribution < 1.29 is 5.11 Å². The monoisotopic (exact) mass is 153 g/mol. The molecule has 1 N–H and O–H groups in total. The van der Waals surface area contributed by atoms with Crippen molar-refractivity contribution in [3.8, 4) is 0 Å². The quantitative estimate of drug-likeness (QED) is 0.464. The third-order valence-electron chi connectivity index (χ3n) is 1.24. The number of aliphatic hydroxyl groups is 1. The standard InChI is InChI=1S/C8H9OS/c1-8(9,10)7-5-3-2-4-6-7/h2-6,9-10H,1H2. The van der Waals surface area contributed by atoms with E-state index in [1.807, 2.05) is 18.2 Å². The molecule has 0 aliphatic rings. The molecule has 0 fully saturated rings. The maximum Gasteiger partial charge on any atom is 0.133 e. The van der Waals surface area contributed by atoms with E-state index >= 15 is 0 Å². The molecule has 1 unspecified atom stereocenters. The third-order valence-corrected chi connectivity index (χ3v) is 1.49. The van der Waals surface area contributed by atoms with Crippen molar-refractivity contribution in [2.45, 2.75) is 4.93 Å². The van der Waals surface area contributed by atoms with E-state index in [0.717, 1.165) is 0 Å². The Morgan fingerprint density at radius 2 is 1.80 bits per heavy atom. The van der Waals surface area contributed by atoms with E-state index < -0.39 is 4.93 Å². The minimum absolute atomic E-state index is 0.707. The van der Waals surface area contributed by atoms with Crippen LogP contribution in [-0.4, -0.2) is 5.11 Å². The zero-order valence-electron chi connectivity index (χ0n) is 5.49. The molecule has 0 heterocycles. The second kappa shape index (κ2) is 2.64. The summed E-state index contributed by atoms with van der Waals surface area (Å²) in [6, 6.07) is 9.10. The van der Waals surface area contributed by atoms with Crippen molar-refractivity contribution >= 4 is 12.6 Å². The highest BCUT2D eigenvalue weighted by atomic mass is 32.1. The average molecular weight is 153 g/mol. The Morgan fingerprint density at radius 3 is 2.10 bits per heavy atom. The van der Waals surface area contributed by atoms with E-state index in [0.29, 0.717) is 5.56 Å². The number of hydrogen-bond acceptors (Lipinski definition) is 2. The Balaban J connectivity index is 2.97. The fraction of sp³-hybridized carbons (Fsp3) is 0.125. The number of hydrogen-bond donors (Lipinski definition) is 2. The van der Waals surface area contributed by atoms with Gasteiger partial charge in [-0.1, -0.05) is 30.3 Å². The lowest BCUT2D eigenvalue weighted by Crippen LogP contribution is -2.11. The van der Waals surface area contributed by atoms with Gasteiger partial charge in [0.25, 0.3) is 0 Å². The molecule has 0 aliphatic heterocycles. The van der Waals surface area contributed by atoms with Gasteiger partial charge >= 0.3 is 0 Å². The zero-order valence-corrected chi connectivity index (χ0v) is 6.38. The molecule has 0 spiro atoms. The first kappa shape index (κ1) is 7.63. The van der Waals surface area contributed by atoms with Crippen LogP contribution in [0.15, 0.2) is 30.3 Å². The van der Waals surface area contributed by atoms with Crippen LogP contribution < -0.4 is 0 Å². The first-order chi connectivity index (χ1) is 4.61. The van der Waals surface area contributed by atoms with Gasteiger partial charge < -0.3 is 5.11 Å². The van der Waals surface area contributed by atoms with Crippen molar-refractivity contribution in [3.05, 3.63) is 42.8 Å². The van der Waals surface area contributed by atoms with Crippen LogP contribution in [0.3, 0.4) is 0 Å². The minimum atomic E-state index is -1.26. The van der Waals surface area contributed by atoms with Crippen LogP contribution in [0.2, 0.25) is 0 Å². The van der Waals surface area contributed by atoms with Crippen LogP contribution in [0, 0.1) is 6.92 Å². The van der Waals surface area contributed by atoms with Gasteiger partial charge in [-0.2, -0.15) is 0 Å². The van der Waals surface area contributed by atoms with Crippen molar-refractivity contribution in [2.75, 3.05) is 0 Å². The molecule has 1 atom stereocenters. The summed E-state index contributed by atoms with van der Waals surface area (Å²) in [6.45, 7) is 3.46. The molecule has 2 heteroatoms. The third kappa shape index (κ3) is 1.75. The van der Waals surface area contributed by atoms with Gasteiger partial charge in [0.2, 0.25) is 0 Å². The van der Waals surface area contributed by atoms with Gasteiger partial charge in [-0.25, -0.2) is 0 Å². The lowest BCUT2D eigenvalue weighted by Gasteiger charge is -2.15. The van der Waals surface area contributed by atoms with E-state index in [4.69, 9.17) is 0 Å². The maximum absolute atomic E-state index is 9.24. The summed E-state index contributed by atoms with van der Waals surface area (Å²) < 4.78 is 0. The Kier molecular flexibility index (Phi) is 2.02. The Hall–Kier alpha value is -0.470. The topological polar surface area (TPSA) is 20.2 Å². The van der Waals surface area contributed by atoms with Crippen molar-refractivity contribution in [1.29, 1.82) is 0 Å². The normalized spacial score (nSPS) is 16.3. The fourth-order valence-electron chi connectivity index (χ4n) is 0.705. The Bertz CT molecular complexity index is 200. The zero-order chi connectivity index (χ0) is 7.61. The number of benzene rings is 1. The van der Waals surface area contributed by atoms with Crippen LogP contribution in [0.25, 0.3) is 0 Å². The smallest absolute Gasteiger partial charge is 0.133 e. The molecular weight excluding hydrogens is 144 g/mol. The van der Waals surface area contributed by atoms with Gasteiger partial charge in [-0.3, -0.25) is 0 Å². The molecule has 0 aliphatic carbocycles. The predicted octanol–water partition coefficient (Wildman–Crippen LogP) is 1.60. The summed E-state index contributed by atoms with van der Waals surface area (Å²) in [7, 11) is 0. The largest absolute Gasteiger partial charge is 0.376 e. The molecule has 1 rings (SSSR count). The van der Waals surface area contributed by atoms with Crippen LogP contribution >= 0.6 is 12.6 Å². The SMILES string of the molecule is [CH2]C(O)(S)c1ccccc1. The van der Waals surface area contributed by atoms with Crippen molar-refractivity contribution in [3.63, 3.8) is 0 Å². The maximum atomic E-state index is 9.24. The summed E-state index contributed by atoms with van der Waals surface area (Å²) in [5, 5.41) is 9.24. The summed E-state index contributed by atoms with van der Waals surface area (Å²) in [5.74, 6) is 0. The first-order valence-electron chi connectivity index (χ1n) is 2.96. The fourth-order valence-corrected chi connectivity index (χ4v) is 0.854. The lowest BCUT2D eigenvalue weighted by molar-refractivity contribution is 0.190. The van der Waals surface area contributed by atoms with Gasteiger partial charge in [-0.05, 0) is 12.5 Å². The van der Waals surface area contributed by atoms with Crippen molar-refractivity contribution in [2.24, 2.45) is 0 Å². The van der Waals surface area contributed by atoms with Gasteiger partial charge in [0.15, 0.2) is 0 Å². The summed E-state index contributed by atoms with van der Waals surface area (Å²) in [4.78, 5) is -1.26. The number of thiol groups is 1. The van der Waals surface area contributed by atoms with Crippen LogP contribution in [0.4, 0.5) is 0 Å². The molecule has 0 amide bonds. The highest BCUT2D eigenvalue weighted by molar-refractivity contribution is 7.81. The molecule has 0 aromatic heterocycles. The van der Waals surface area contributed by atoms with E-state index in [1.54, 1.807) is 12.1 Å². The van der Waals surface area contributed by atoms with Gasteiger partial charge in [0.1, 0.15) is 4.93 Å². The molecule has 1 aromatic rings. The second-order valence-corrected chi connectivity index (χ2v) is 2.92. The summed E-state index contributed by atoms with van der Waals surface area (Å²) >= 11 is 3.89. The van der Waals surface area contributed by atoms with E-state index in [-0.39, 0.29) is 0 Å². The molecule has 0 saturated carbocycles. The van der Waals surface area contributed by atoms with Crippen LogP contribution in [0.1, 0.15) is 5.56 Å². The molecule has 10 heavy (non-hydrogen) atoms. The molecule has 0 bridgehead atoms. The van der Waals surface area contributed by atoms with E-state index in [9.17, 15) is 5.11 Å².